The first kappa shape index (κ1) is 25.0. The summed E-state index contributed by atoms with van der Waals surface area (Å²) in [5.41, 5.74) is 7.43. The molecule has 0 spiro atoms. The van der Waals surface area contributed by atoms with Gasteiger partial charge in [0.1, 0.15) is 5.82 Å². The number of carbonyl (C=O) groups is 2. The van der Waals surface area contributed by atoms with Gasteiger partial charge in [0, 0.05) is 74.1 Å². The Hall–Kier alpha value is -2.64. The number of amides is 2. The van der Waals surface area contributed by atoms with Crippen molar-refractivity contribution < 1.29 is 14.0 Å². The van der Waals surface area contributed by atoms with Crippen molar-refractivity contribution in [1.82, 2.24) is 9.80 Å². The molecule has 33 heavy (non-hydrogen) atoms. The van der Waals surface area contributed by atoms with Crippen LogP contribution in [-0.4, -0.2) is 60.9 Å². The van der Waals surface area contributed by atoms with Gasteiger partial charge >= 0.3 is 0 Å². The molecule has 0 radical (unpaired) electrons. The van der Waals surface area contributed by atoms with Crippen LogP contribution in [0.15, 0.2) is 42.5 Å². The number of piperidine rings is 1. The number of primary amides is 1. The molecule has 3 rings (SSSR count). The molecular formula is C25H32ClFN4O2. The van der Waals surface area contributed by atoms with Gasteiger partial charge in [-0.3, -0.25) is 14.5 Å². The molecule has 0 aromatic heterocycles. The van der Waals surface area contributed by atoms with E-state index in [0.717, 1.165) is 31.6 Å². The minimum absolute atomic E-state index is 0.0641. The van der Waals surface area contributed by atoms with Crippen LogP contribution in [0, 0.1) is 5.82 Å². The van der Waals surface area contributed by atoms with Gasteiger partial charge in [-0.05, 0) is 62.2 Å². The van der Waals surface area contributed by atoms with E-state index in [0.29, 0.717) is 29.1 Å². The summed E-state index contributed by atoms with van der Waals surface area (Å²) < 4.78 is 14.6. The molecule has 0 saturated carbocycles. The Bertz CT molecular complexity index is 975. The summed E-state index contributed by atoms with van der Waals surface area (Å²) in [5, 5.41) is 0.494. The van der Waals surface area contributed by atoms with E-state index in [4.69, 9.17) is 17.3 Å². The van der Waals surface area contributed by atoms with Crippen molar-refractivity contribution in [2.24, 2.45) is 5.73 Å². The lowest BCUT2D eigenvalue weighted by Gasteiger charge is -2.41. The molecule has 0 bridgehead atoms. The minimum Gasteiger partial charge on any atom is -0.370 e. The van der Waals surface area contributed by atoms with Crippen molar-refractivity contribution >= 4 is 29.1 Å². The summed E-state index contributed by atoms with van der Waals surface area (Å²) in [6, 6.07) is 12.3. The van der Waals surface area contributed by atoms with E-state index in [1.165, 1.54) is 11.0 Å². The molecule has 0 aliphatic carbocycles. The average Bonchev–Trinajstić information content (AvgIpc) is 2.79. The molecular weight excluding hydrogens is 443 g/mol. The van der Waals surface area contributed by atoms with Crippen molar-refractivity contribution in [2.75, 3.05) is 32.1 Å². The Morgan fingerprint density at radius 2 is 1.79 bits per heavy atom. The molecule has 2 amide bonds. The van der Waals surface area contributed by atoms with Gasteiger partial charge in [0.05, 0.1) is 0 Å². The maximum absolute atomic E-state index is 14.6. The lowest BCUT2D eigenvalue weighted by molar-refractivity contribution is -0.119. The fourth-order valence-electron chi connectivity index (χ4n) is 4.39. The van der Waals surface area contributed by atoms with E-state index < -0.39 is 0 Å². The highest BCUT2D eigenvalue weighted by atomic mass is 35.5. The molecule has 1 unspecified atom stereocenters. The van der Waals surface area contributed by atoms with Gasteiger partial charge in [0.2, 0.25) is 5.91 Å². The van der Waals surface area contributed by atoms with Crippen molar-refractivity contribution in [2.45, 2.75) is 44.8 Å². The quantitative estimate of drug-likeness (QED) is 0.629. The summed E-state index contributed by atoms with van der Waals surface area (Å²) in [5.74, 6) is -0.655. The molecule has 2 aromatic carbocycles. The zero-order chi connectivity index (χ0) is 24.1. The lowest BCUT2D eigenvalue weighted by Crippen LogP contribution is -2.48. The third kappa shape index (κ3) is 6.45. The Balaban J connectivity index is 1.83. The molecule has 178 valence electrons. The number of hydrogen-bond donors (Lipinski definition) is 1. The van der Waals surface area contributed by atoms with Crippen molar-refractivity contribution in [3.05, 3.63) is 64.4 Å². The molecule has 1 aliphatic heterocycles. The Morgan fingerprint density at radius 3 is 2.36 bits per heavy atom. The fraction of sp³-hybridized carbons (Fsp3) is 0.440. The van der Waals surface area contributed by atoms with Crippen LogP contribution in [0.4, 0.5) is 10.1 Å². The normalized spacial score (nSPS) is 15.8. The molecule has 2 aromatic rings. The van der Waals surface area contributed by atoms with Gasteiger partial charge in [-0.15, -0.1) is 0 Å². The van der Waals surface area contributed by atoms with Crippen LogP contribution in [-0.2, 0) is 11.3 Å². The largest absolute Gasteiger partial charge is 0.370 e. The number of carbonyl (C=O) groups excluding carboxylic acids is 2. The Labute approximate surface area is 200 Å². The predicted octanol–water partition coefficient (Wildman–Crippen LogP) is 3.92. The van der Waals surface area contributed by atoms with Crippen molar-refractivity contribution in [3.63, 3.8) is 0 Å². The van der Waals surface area contributed by atoms with E-state index in [1.807, 2.05) is 31.2 Å². The monoisotopic (exact) mass is 474 g/mol. The van der Waals surface area contributed by atoms with Gasteiger partial charge in [-0.2, -0.15) is 0 Å². The summed E-state index contributed by atoms with van der Waals surface area (Å²) in [6.45, 7) is 4.04. The lowest BCUT2D eigenvalue weighted by atomic mass is 9.99. The minimum atomic E-state index is -0.296. The molecule has 1 heterocycles. The van der Waals surface area contributed by atoms with E-state index >= 15 is 0 Å². The van der Waals surface area contributed by atoms with Gasteiger partial charge < -0.3 is 15.5 Å². The second kappa shape index (κ2) is 11.0. The molecule has 6 nitrogen and oxygen atoms in total. The first-order valence-corrected chi connectivity index (χ1v) is 11.6. The second-order valence-electron chi connectivity index (χ2n) is 8.90. The van der Waals surface area contributed by atoms with Crippen LogP contribution in [0.3, 0.4) is 0 Å². The number of rotatable bonds is 8. The van der Waals surface area contributed by atoms with E-state index in [1.54, 1.807) is 26.2 Å². The van der Waals surface area contributed by atoms with Crippen LogP contribution in [0.2, 0.25) is 5.02 Å². The number of benzene rings is 2. The Morgan fingerprint density at radius 1 is 1.15 bits per heavy atom. The molecule has 1 fully saturated rings. The summed E-state index contributed by atoms with van der Waals surface area (Å²) in [6.07, 6.45) is 2.07. The fourth-order valence-corrected chi connectivity index (χ4v) is 4.59. The number of likely N-dealkylation sites (tertiary alicyclic amines) is 1. The highest BCUT2D eigenvalue weighted by molar-refractivity contribution is 6.30. The van der Waals surface area contributed by atoms with E-state index in [9.17, 15) is 14.0 Å². The molecule has 1 saturated heterocycles. The summed E-state index contributed by atoms with van der Waals surface area (Å²) in [4.78, 5) is 29.6. The van der Waals surface area contributed by atoms with E-state index in [2.05, 4.69) is 9.80 Å². The number of nitrogens with two attached hydrogens (primary N) is 1. The van der Waals surface area contributed by atoms with Gasteiger partial charge in [0.15, 0.2) is 0 Å². The predicted molar refractivity (Wildman–Crippen MR) is 130 cm³/mol. The average molecular weight is 475 g/mol. The molecule has 2 N–H and O–H groups in total. The third-order valence-corrected chi connectivity index (χ3v) is 6.50. The molecule has 1 atom stereocenters. The van der Waals surface area contributed by atoms with Crippen LogP contribution in [0.5, 0.6) is 0 Å². The summed E-state index contributed by atoms with van der Waals surface area (Å²) >= 11 is 6.14. The van der Waals surface area contributed by atoms with E-state index in [-0.39, 0.29) is 29.7 Å². The van der Waals surface area contributed by atoms with Gasteiger partial charge in [0.25, 0.3) is 5.91 Å². The maximum Gasteiger partial charge on any atom is 0.253 e. The SMILES string of the molecule is CC(CC(N)=O)N1CCC(N(Cc2cc(Cl)ccc2F)c2ccc(C(=O)N(C)C)cc2)CC1. The third-order valence-electron chi connectivity index (χ3n) is 6.26. The first-order valence-electron chi connectivity index (χ1n) is 11.2. The van der Waals surface area contributed by atoms with Crippen LogP contribution >= 0.6 is 11.6 Å². The van der Waals surface area contributed by atoms with Crippen molar-refractivity contribution in [1.29, 1.82) is 0 Å². The topological polar surface area (TPSA) is 69.9 Å². The van der Waals surface area contributed by atoms with Crippen LogP contribution in [0.25, 0.3) is 0 Å². The van der Waals surface area contributed by atoms with Crippen molar-refractivity contribution in [3.8, 4) is 0 Å². The standard InChI is InChI=1S/C25H32ClFN4O2/c1-17(14-24(28)32)30-12-10-22(11-13-30)31(16-19-15-20(26)6-9-23(19)27)21-7-4-18(5-8-21)25(33)29(2)3/h4-9,15,17,22H,10-14,16H2,1-3H3,(H2,28,32). The maximum atomic E-state index is 14.6. The number of hydrogen-bond acceptors (Lipinski definition) is 4. The number of halogens is 2. The number of anilines is 1. The second-order valence-corrected chi connectivity index (χ2v) is 9.33. The summed E-state index contributed by atoms with van der Waals surface area (Å²) in [7, 11) is 3.44. The molecule has 8 heteroatoms. The highest BCUT2D eigenvalue weighted by Gasteiger charge is 2.28. The molecule has 1 aliphatic rings. The zero-order valence-corrected chi connectivity index (χ0v) is 20.2. The number of nitrogens with zero attached hydrogens (tertiary/aromatic N) is 3. The highest BCUT2D eigenvalue weighted by Crippen LogP contribution is 2.29. The van der Waals surface area contributed by atoms with Crippen LogP contribution in [0.1, 0.15) is 42.1 Å². The van der Waals surface area contributed by atoms with Gasteiger partial charge in [-0.1, -0.05) is 11.6 Å². The zero-order valence-electron chi connectivity index (χ0n) is 19.4. The van der Waals surface area contributed by atoms with Crippen LogP contribution < -0.4 is 10.6 Å². The first-order chi connectivity index (χ1) is 15.7. The Kier molecular flexibility index (Phi) is 8.32. The smallest absolute Gasteiger partial charge is 0.253 e. The van der Waals surface area contributed by atoms with Gasteiger partial charge in [-0.25, -0.2) is 4.39 Å².